The van der Waals surface area contributed by atoms with E-state index in [2.05, 4.69) is 5.32 Å². The van der Waals surface area contributed by atoms with E-state index < -0.39 is 10.0 Å². The smallest absolute Gasteiger partial charge is 0.243 e. The van der Waals surface area contributed by atoms with Gasteiger partial charge in [0, 0.05) is 33.3 Å². The standard InChI is InChI=1S/C17H27N3O4S.ClH/c1-24-15(12-18)11-17(21)19-13-14-7-9-20(10-8-14)25(22,23)16-5-3-2-4-6-16;/h2-6,14-15H,7-13,18H2,1H3,(H,19,21);1H. The van der Waals surface area contributed by atoms with Crippen LogP contribution in [0.1, 0.15) is 19.3 Å². The van der Waals surface area contributed by atoms with Crippen LogP contribution in [0.5, 0.6) is 0 Å². The Hall–Kier alpha value is -1.19. The molecule has 2 rings (SSSR count). The average Bonchev–Trinajstić information content (AvgIpc) is 2.65. The summed E-state index contributed by atoms with van der Waals surface area (Å²) in [6.45, 7) is 1.81. The van der Waals surface area contributed by atoms with Crippen LogP contribution in [0.4, 0.5) is 0 Å². The Kier molecular flexibility index (Phi) is 9.52. The molecule has 3 N–H and O–H groups in total. The fourth-order valence-corrected chi connectivity index (χ4v) is 4.39. The lowest BCUT2D eigenvalue weighted by molar-refractivity contribution is -0.123. The van der Waals surface area contributed by atoms with Gasteiger partial charge in [-0.15, -0.1) is 12.4 Å². The minimum atomic E-state index is -3.42. The summed E-state index contributed by atoms with van der Waals surface area (Å²) < 4.78 is 31.8. The normalized spacial score (nSPS) is 17.3. The highest BCUT2D eigenvalue weighted by molar-refractivity contribution is 7.89. The predicted octanol–water partition coefficient (Wildman–Crippen LogP) is 0.989. The first-order valence-electron chi connectivity index (χ1n) is 8.52. The van der Waals surface area contributed by atoms with E-state index in [0.29, 0.717) is 31.1 Å². The summed E-state index contributed by atoms with van der Waals surface area (Å²) >= 11 is 0. The second-order valence-electron chi connectivity index (χ2n) is 6.26. The quantitative estimate of drug-likeness (QED) is 0.671. The van der Waals surface area contributed by atoms with Crippen molar-refractivity contribution in [3.05, 3.63) is 30.3 Å². The second kappa shape index (κ2) is 10.8. The number of hydrogen-bond acceptors (Lipinski definition) is 5. The molecule has 9 heteroatoms. The van der Waals surface area contributed by atoms with Gasteiger partial charge in [-0.1, -0.05) is 18.2 Å². The van der Waals surface area contributed by atoms with Crippen molar-refractivity contribution in [1.82, 2.24) is 9.62 Å². The predicted molar refractivity (Wildman–Crippen MR) is 103 cm³/mol. The molecule has 1 atom stereocenters. The van der Waals surface area contributed by atoms with E-state index in [-0.39, 0.29) is 36.8 Å². The van der Waals surface area contributed by atoms with Crippen LogP contribution in [-0.4, -0.2) is 58.0 Å². The molecule has 0 radical (unpaired) electrons. The van der Waals surface area contributed by atoms with Crippen molar-refractivity contribution in [3.63, 3.8) is 0 Å². The van der Waals surface area contributed by atoms with Crippen LogP contribution in [-0.2, 0) is 19.6 Å². The van der Waals surface area contributed by atoms with Crippen molar-refractivity contribution < 1.29 is 17.9 Å². The molecule has 1 aliphatic heterocycles. The number of carbonyl (C=O) groups is 1. The number of benzene rings is 1. The summed E-state index contributed by atoms with van der Waals surface area (Å²) in [7, 11) is -1.89. The van der Waals surface area contributed by atoms with Gasteiger partial charge in [-0.2, -0.15) is 4.31 Å². The van der Waals surface area contributed by atoms with Gasteiger partial charge in [0.2, 0.25) is 15.9 Å². The molecule has 1 aromatic carbocycles. The molecule has 148 valence electrons. The van der Waals surface area contributed by atoms with Gasteiger partial charge in [-0.25, -0.2) is 8.42 Å². The van der Waals surface area contributed by atoms with Gasteiger partial charge in [-0.3, -0.25) is 4.79 Å². The van der Waals surface area contributed by atoms with Crippen LogP contribution in [0, 0.1) is 5.92 Å². The fourth-order valence-electron chi connectivity index (χ4n) is 2.90. The van der Waals surface area contributed by atoms with E-state index in [1.165, 1.54) is 11.4 Å². The number of halogens is 1. The third-order valence-corrected chi connectivity index (χ3v) is 6.46. The zero-order chi connectivity index (χ0) is 18.3. The molecule has 7 nitrogen and oxygen atoms in total. The number of methoxy groups -OCH3 is 1. The highest BCUT2D eigenvalue weighted by Crippen LogP contribution is 2.23. The number of piperidine rings is 1. The van der Waals surface area contributed by atoms with Gasteiger partial charge in [0.05, 0.1) is 17.4 Å². The van der Waals surface area contributed by atoms with E-state index in [9.17, 15) is 13.2 Å². The largest absolute Gasteiger partial charge is 0.380 e. The Bertz CT molecular complexity index is 645. The maximum Gasteiger partial charge on any atom is 0.243 e. The molecule has 0 bridgehead atoms. The third-order valence-electron chi connectivity index (χ3n) is 4.55. The van der Waals surface area contributed by atoms with Gasteiger partial charge in [-0.05, 0) is 30.9 Å². The lowest BCUT2D eigenvalue weighted by Gasteiger charge is -2.31. The summed E-state index contributed by atoms with van der Waals surface area (Å²) in [5.74, 6) is 0.196. The summed E-state index contributed by atoms with van der Waals surface area (Å²) in [5, 5.41) is 2.89. The first-order chi connectivity index (χ1) is 12.0. The number of sulfonamides is 1. The summed E-state index contributed by atoms with van der Waals surface area (Å²) in [4.78, 5) is 12.2. The van der Waals surface area contributed by atoms with E-state index in [0.717, 1.165) is 12.8 Å². The zero-order valence-electron chi connectivity index (χ0n) is 15.0. The van der Waals surface area contributed by atoms with Crippen molar-refractivity contribution >= 4 is 28.3 Å². The molecule has 0 aromatic heterocycles. The highest BCUT2D eigenvalue weighted by Gasteiger charge is 2.29. The molecule has 0 spiro atoms. The molecule has 0 saturated carbocycles. The Labute approximate surface area is 161 Å². The Balaban J connectivity index is 0.00000338. The molecule has 26 heavy (non-hydrogen) atoms. The molecular formula is C17H28ClN3O4S. The first-order valence-corrected chi connectivity index (χ1v) is 9.96. The average molecular weight is 406 g/mol. The number of nitrogens with zero attached hydrogens (tertiary/aromatic N) is 1. The summed E-state index contributed by atoms with van der Waals surface area (Å²) in [6, 6.07) is 8.48. The Morgan fingerprint density at radius 1 is 1.31 bits per heavy atom. The topological polar surface area (TPSA) is 102 Å². The van der Waals surface area contributed by atoms with Gasteiger partial charge in [0.1, 0.15) is 0 Å². The number of rotatable bonds is 8. The van der Waals surface area contributed by atoms with Crippen LogP contribution in [0.15, 0.2) is 35.2 Å². The summed E-state index contributed by atoms with van der Waals surface area (Å²) in [5.41, 5.74) is 5.51. The monoisotopic (exact) mass is 405 g/mol. The van der Waals surface area contributed by atoms with Gasteiger partial charge in [0.15, 0.2) is 0 Å². The van der Waals surface area contributed by atoms with E-state index in [4.69, 9.17) is 10.5 Å². The Morgan fingerprint density at radius 3 is 2.46 bits per heavy atom. The fraction of sp³-hybridized carbons (Fsp3) is 0.588. The molecule has 1 fully saturated rings. The molecule has 1 heterocycles. The van der Waals surface area contributed by atoms with E-state index in [1.807, 2.05) is 0 Å². The van der Waals surface area contributed by atoms with Gasteiger partial charge >= 0.3 is 0 Å². The van der Waals surface area contributed by atoms with Crippen LogP contribution in [0.25, 0.3) is 0 Å². The second-order valence-corrected chi connectivity index (χ2v) is 8.20. The van der Waals surface area contributed by atoms with Crippen molar-refractivity contribution in [3.8, 4) is 0 Å². The van der Waals surface area contributed by atoms with Crippen LogP contribution < -0.4 is 11.1 Å². The van der Waals surface area contributed by atoms with Gasteiger partial charge < -0.3 is 15.8 Å². The van der Waals surface area contributed by atoms with E-state index >= 15 is 0 Å². The number of nitrogens with two attached hydrogens (primary N) is 1. The minimum absolute atomic E-state index is 0. The molecular weight excluding hydrogens is 378 g/mol. The number of hydrogen-bond donors (Lipinski definition) is 2. The number of ether oxygens (including phenoxy) is 1. The van der Waals surface area contributed by atoms with Crippen molar-refractivity contribution in [2.45, 2.75) is 30.3 Å². The maximum absolute atomic E-state index is 12.6. The lowest BCUT2D eigenvalue weighted by Crippen LogP contribution is -2.42. The van der Waals surface area contributed by atoms with E-state index in [1.54, 1.807) is 30.3 Å². The third kappa shape index (κ3) is 6.21. The van der Waals surface area contributed by atoms with Crippen molar-refractivity contribution in [1.29, 1.82) is 0 Å². The van der Waals surface area contributed by atoms with Crippen LogP contribution in [0.2, 0.25) is 0 Å². The number of carbonyl (C=O) groups excluding carboxylic acids is 1. The van der Waals surface area contributed by atoms with Crippen molar-refractivity contribution in [2.24, 2.45) is 11.7 Å². The molecule has 1 amide bonds. The van der Waals surface area contributed by atoms with Gasteiger partial charge in [0.25, 0.3) is 0 Å². The zero-order valence-corrected chi connectivity index (χ0v) is 16.6. The molecule has 0 aliphatic carbocycles. The molecule has 1 aliphatic rings. The number of amides is 1. The molecule has 1 saturated heterocycles. The van der Waals surface area contributed by atoms with Crippen molar-refractivity contribution in [2.75, 3.05) is 33.3 Å². The SMILES string of the molecule is COC(CN)CC(=O)NCC1CCN(S(=O)(=O)c2ccccc2)CC1.Cl. The maximum atomic E-state index is 12.6. The minimum Gasteiger partial charge on any atom is -0.380 e. The lowest BCUT2D eigenvalue weighted by atomic mass is 9.98. The van der Waals surface area contributed by atoms with Crippen LogP contribution in [0.3, 0.4) is 0 Å². The highest BCUT2D eigenvalue weighted by atomic mass is 35.5. The number of nitrogens with one attached hydrogen (secondary N) is 1. The first kappa shape index (κ1) is 22.9. The Morgan fingerprint density at radius 2 is 1.92 bits per heavy atom. The summed E-state index contributed by atoms with van der Waals surface area (Å²) in [6.07, 6.45) is 1.44. The van der Waals surface area contributed by atoms with Crippen LogP contribution >= 0.6 is 12.4 Å². The molecule has 1 unspecified atom stereocenters. The molecule has 1 aromatic rings.